The quantitative estimate of drug-likeness (QED) is 0.340. The van der Waals surface area contributed by atoms with Crippen LogP contribution in [-0.2, 0) is 4.74 Å². The third kappa shape index (κ3) is 4.00. The molecule has 9 heteroatoms. The van der Waals surface area contributed by atoms with Gasteiger partial charge in [-0.15, -0.1) is 0 Å². The molecule has 0 aliphatic rings. The zero-order chi connectivity index (χ0) is 23.0. The first-order valence-corrected chi connectivity index (χ1v) is 9.94. The number of methoxy groups -OCH3 is 1. The summed E-state index contributed by atoms with van der Waals surface area (Å²) in [7, 11) is 1.15. The van der Waals surface area contributed by atoms with Crippen molar-refractivity contribution in [3.8, 4) is 11.1 Å². The highest BCUT2D eigenvalue weighted by Crippen LogP contribution is 2.40. The Morgan fingerprint density at radius 2 is 1.69 bits per heavy atom. The number of hydrogen-bond donors (Lipinski definition) is 1. The number of carboxylic acids is 1. The van der Waals surface area contributed by atoms with Crippen molar-refractivity contribution < 1.29 is 28.2 Å². The van der Waals surface area contributed by atoms with Crippen molar-refractivity contribution in [2.24, 2.45) is 0 Å². The highest BCUT2D eigenvalue weighted by molar-refractivity contribution is 6.38. The Balaban J connectivity index is 1.87. The maximum Gasteiger partial charge on any atom is 0.421 e. The second-order valence-electron chi connectivity index (χ2n) is 6.74. The van der Waals surface area contributed by atoms with E-state index in [1.165, 1.54) is 24.3 Å². The van der Waals surface area contributed by atoms with Crippen LogP contribution < -0.4 is 4.90 Å². The van der Waals surface area contributed by atoms with Gasteiger partial charge in [0.1, 0.15) is 11.4 Å². The molecule has 1 N–H and O–H groups in total. The van der Waals surface area contributed by atoms with Crippen molar-refractivity contribution in [1.29, 1.82) is 0 Å². The molecule has 32 heavy (non-hydrogen) atoms. The molecule has 0 unspecified atom stereocenters. The monoisotopic (exact) mass is 473 g/mol. The van der Waals surface area contributed by atoms with Crippen LogP contribution in [0.1, 0.15) is 10.4 Å². The molecule has 1 aromatic heterocycles. The average Bonchev–Trinajstić information content (AvgIpc) is 3.18. The Morgan fingerprint density at radius 3 is 2.34 bits per heavy atom. The van der Waals surface area contributed by atoms with Gasteiger partial charge in [0.25, 0.3) is 0 Å². The number of benzene rings is 3. The minimum Gasteiger partial charge on any atom is -0.478 e. The molecule has 4 aromatic rings. The molecule has 0 spiro atoms. The fourth-order valence-electron chi connectivity index (χ4n) is 3.30. The van der Waals surface area contributed by atoms with Gasteiger partial charge in [0.05, 0.1) is 23.4 Å². The summed E-state index contributed by atoms with van der Waals surface area (Å²) in [6.45, 7) is 0. The van der Waals surface area contributed by atoms with Crippen LogP contribution in [0.15, 0.2) is 65.1 Å². The van der Waals surface area contributed by atoms with Gasteiger partial charge in [-0.1, -0.05) is 41.4 Å². The molecule has 0 fully saturated rings. The summed E-state index contributed by atoms with van der Waals surface area (Å²) < 4.78 is 23.9. The topological polar surface area (TPSA) is 80.0 Å². The number of aromatic carboxylic acids is 1. The highest BCUT2D eigenvalue weighted by Gasteiger charge is 2.30. The number of nitrogens with zero attached hydrogens (tertiary/aromatic N) is 1. The Bertz CT molecular complexity index is 1350. The third-order valence-electron chi connectivity index (χ3n) is 4.74. The summed E-state index contributed by atoms with van der Waals surface area (Å²) in [5, 5.41) is 10.3. The Morgan fingerprint density at radius 1 is 1.00 bits per heavy atom. The Hall–Kier alpha value is -3.55. The average molecular weight is 474 g/mol. The summed E-state index contributed by atoms with van der Waals surface area (Å²) in [5.74, 6) is -1.69. The molecule has 0 aliphatic heterocycles. The number of hydrogen-bond acceptors (Lipinski definition) is 4. The van der Waals surface area contributed by atoms with Gasteiger partial charge >= 0.3 is 12.1 Å². The van der Waals surface area contributed by atoms with Crippen LogP contribution in [0.4, 0.5) is 20.8 Å². The number of carboxylic acid groups (broad SMARTS) is 1. The summed E-state index contributed by atoms with van der Waals surface area (Å²) in [5.41, 5.74) is 1.57. The molecule has 162 valence electrons. The van der Waals surface area contributed by atoms with E-state index in [1.54, 1.807) is 36.4 Å². The summed E-state index contributed by atoms with van der Waals surface area (Å²) in [4.78, 5) is 25.4. The maximum atomic E-state index is 13.2. The van der Waals surface area contributed by atoms with E-state index >= 15 is 0 Å². The fraction of sp³-hybridized carbons (Fsp3) is 0.0435. The van der Waals surface area contributed by atoms with Crippen molar-refractivity contribution in [2.75, 3.05) is 12.0 Å². The van der Waals surface area contributed by atoms with Gasteiger partial charge in [0, 0.05) is 16.5 Å². The van der Waals surface area contributed by atoms with Crippen LogP contribution in [-0.4, -0.2) is 24.3 Å². The van der Waals surface area contributed by atoms with Crippen LogP contribution in [0.2, 0.25) is 10.0 Å². The minimum absolute atomic E-state index is 0.00479. The van der Waals surface area contributed by atoms with Crippen molar-refractivity contribution in [2.45, 2.75) is 0 Å². The van der Waals surface area contributed by atoms with Gasteiger partial charge in [-0.25, -0.2) is 18.9 Å². The number of carbonyl (C=O) groups excluding carboxylic acids is 1. The molecule has 0 radical (unpaired) electrons. The smallest absolute Gasteiger partial charge is 0.421 e. The fourth-order valence-corrected chi connectivity index (χ4v) is 3.88. The van der Waals surface area contributed by atoms with E-state index in [2.05, 4.69) is 0 Å². The zero-order valence-electron chi connectivity index (χ0n) is 16.4. The Kier molecular flexibility index (Phi) is 5.78. The first kappa shape index (κ1) is 21.7. The van der Waals surface area contributed by atoms with E-state index in [-0.39, 0.29) is 33.0 Å². The van der Waals surface area contributed by atoms with Crippen LogP contribution in [0.25, 0.3) is 22.1 Å². The van der Waals surface area contributed by atoms with Gasteiger partial charge < -0.3 is 14.3 Å². The van der Waals surface area contributed by atoms with E-state index in [0.29, 0.717) is 11.0 Å². The van der Waals surface area contributed by atoms with E-state index in [9.17, 15) is 19.1 Å². The van der Waals surface area contributed by atoms with Crippen molar-refractivity contribution >= 4 is 57.8 Å². The predicted molar refractivity (Wildman–Crippen MR) is 120 cm³/mol. The third-order valence-corrected chi connectivity index (χ3v) is 5.25. The summed E-state index contributed by atoms with van der Waals surface area (Å²) in [6, 6.07) is 15.3. The number of ether oxygens (including phenoxy) is 1. The molecular weight excluding hydrogens is 460 g/mol. The number of rotatable bonds is 4. The molecule has 6 nitrogen and oxygen atoms in total. The molecule has 0 saturated carbocycles. The largest absolute Gasteiger partial charge is 0.478 e. The molecule has 0 saturated heterocycles. The molecule has 1 amide bonds. The second kappa shape index (κ2) is 8.53. The number of furan rings is 1. The van der Waals surface area contributed by atoms with E-state index in [0.717, 1.165) is 23.1 Å². The number of fused-ring (bicyclic) bond motifs is 1. The molecule has 0 bridgehead atoms. The molecule has 1 heterocycles. The van der Waals surface area contributed by atoms with E-state index in [4.69, 9.17) is 32.4 Å². The summed E-state index contributed by atoms with van der Waals surface area (Å²) in [6.07, 6.45) is -0.908. The number of halogens is 3. The van der Waals surface area contributed by atoms with Crippen molar-refractivity contribution in [3.63, 3.8) is 0 Å². The van der Waals surface area contributed by atoms with Gasteiger partial charge in [-0.3, -0.25) is 0 Å². The van der Waals surface area contributed by atoms with Crippen molar-refractivity contribution in [1.82, 2.24) is 0 Å². The van der Waals surface area contributed by atoms with Gasteiger partial charge in [-0.2, -0.15) is 0 Å². The first-order chi connectivity index (χ1) is 15.3. The van der Waals surface area contributed by atoms with E-state index < -0.39 is 12.1 Å². The molecule has 0 aliphatic carbocycles. The molecule has 3 aromatic carbocycles. The molecular formula is C23H14Cl2FNO5. The molecule has 4 rings (SSSR count). The number of anilines is 2. The van der Waals surface area contributed by atoms with Crippen molar-refractivity contribution in [3.05, 3.63) is 82.1 Å². The van der Waals surface area contributed by atoms with Crippen LogP contribution in [0.5, 0.6) is 0 Å². The minimum atomic E-state index is -1.34. The SMILES string of the molecule is COC(=O)N(c1cc2cc(-c3ccc(F)cc3)ccc2o1)c1c(Cl)cc(Cl)cc1C(=O)O. The second-order valence-corrected chi connectivity index (χ2v) is 7.58. The van der Waals surface area contributed by atoms with E-state index in [1.807, 2.05) is 0 Å². The van der Waals surface area contributed by atoms with Crippen LogP contribution >= 0.6 is 23.2 Å². The predicted octanol–water partition coefficient (Wildman–Crippen LogP) is 7.15. The lowest BCUT2D eigenvalue weighted by molar-refractivity contribution is 0.0697. The molecule has 0 atom stereocenters. The van der Waals surface area contributed by atoms with Gasteiger partial charge in [0.2, 0.25) is 5.88 Å². The highest BCUT2D eigenvalue weighted by atomic mass is 35.5. The lowest BCUT2D eigenvalue weighted by atomic mass is 10.0. The number of amides is 1. The summed E-state index contributed by atoms with van der Waals surface area (Å²) >= 11 is 12.2. The van der Waals surface area contributed by atoms with Gasteiger partial charge in [-0.05, 0) is 47.5 Å². The van der Waals surface area contributed by atoms with Crippen LogP contribution in [0, 0.1) is 5.82 Å². The Labute approximate surface area is 191 Å². The van der Waals surface area contributed by atoms with Gasteiger partial charge in [0.15, 0.2) is 0 Å². The lowest BCUT2D eigenvalue weighted by Gasteiger charge is -2.21. The lowest BCUT2D eigenvalue weighted by Crippen LogP contribution is -2.27. The standard InChI is InChI=1S/C23H14Cl2FNO5/c1-31-23(30)27(21-17(22(28)29)10-15(24)11-18(21)25)20-9-14-8-13(4-7-19(14)32-20)12-2-5-16(26)6-3-12/h2-11H,1H3,(H,28,29). The number of carbonyl (C=O) groups is 2. The van der Waals surface area contributed by atoms with Crippen LogP contribution in [0.3, 0.4) is 0 Å². The first-order valence-electron chi connectivity index (χ1n) is 9.18. The zero-order valence-corrected chi connectivity index (χ0v) is 17.9. The normalized spacial score (nSPS) is 10.9. The maximum absolute atomic E-state index is 13.2.